The highest BCUT2D eigenvalue weighted by atomic mass is 16.5. The van der Waals surface area contributed by atoms with Gasteiger partial charge in [-0.05, 0) is 31.4 Å². The molecule has 1 aromatic carbocycles. The van der Waals surface area contributed by atoms with Gasteiger partial charge in [0.1, 0.15) is 28.6 Å². The molecule has 28 heavy (non-hydrogen) atoms. The second kappa shape index (κ2) is 7.50. The summed E-state index contributed by atoms with van der Waals surface area (Å²) in [6, 6.07) is 7.89. The van der Waals surface area contributed by atoms with Gasteiger partial charge in [0.15, 0.2) is 0 Å². The number of carbonyl (C=O) groups excluding carboxylic acids is 1. The Bertz CT molecular complexity index is 1010. The Labute approximate surface area is 163 Å². The molecule has 1 saturated carbocycles. The lowest BCUT2D eigenvalue weighted by atomic mass is 9.74. The van der Waals surface area contributed by atoms with Crippen LogP contribution in [0.3, 0.4) is 0 Å². The Kier molecular flexibility index (Phi) is 4.90. The van der Waals surface area contributed by atoms with Crippen molar-refractivity contribution in [3.63, 3.8) is 0 Å². The van der Waals surface area contributed by atoms with E-state index in [1.54, 1.807) is 6.20 Å². The lowest BCUT2D eigenvalue weighted by molar-refractivity contribution is -0.124. The van der Waals surface area contributed by atoms with E-state index >= 15 is 0 Å². The molecular formula is C21H25N5O2. The average Bonchev–Trinajstić information content (AvgIpc) is 3.02. The Morgan fingerprint density at radius 1 is 1.36 bits per heavy atom. The molecule has 0 aliphatic heterocycles. The van der Waals surface area contributed by atoms with Crippen LogP contribution in [-0.4, -0.2) is 26.9 Å². The van der Waals surface area contributed by atoms with Crippen molar-refractivity contribution >= 4 is 17.2 Å². The van der Waals surface area contributed by atoms with Crippen molar-refractivity contribution < 1.29 is 9.53 Å². The number of amides is 1. The standard InChI is InChI=1S/C21H25N5O2/c1-2-3-9-28-16-6-4-5-13(12-16)17-18-19(22)24-7-8-26(18)21(25-17)15-10-14(11-15)20(23)27/h4-8,12,14-15H,2-3,9-11H2,1H3,(H2,22,24)(H2,23,27). The fourth-order valence-electron chi connectivity index (χ4n) is 3.70. The van der Waals surface area contributed by atoms with E-state index in [-0.39, 0.29) is 17.7 Å². The Hall–Kier alpha value is -3.09. The fraction of sp³-hybridized carbons (Fsp3) is 0.381. The third-order valence-electron chi connectivity index (χ3n) is 5.39. The highest BCUT2D eigenvalue weighted by Crippen LogP contribution is 2.43. The number of rotatable bonds is 7. The van der Waals surface area contributed by atoms with E-state index in [1.807, 2.05) is 34.9 Å². The molecule has 0 radical (unpaired) electrons. The number of carbonyl (C=O) groups is 1. The summed E-state index contributed by atoms with van der Waals surface area (Å²) >= 11 is 0. The van der Waals surface area contributed by atoms with Crippen LogP contribution in [0.1, 0.15) is 44.3 Å². The smallest absolute Gasteiger partial charge is 0.220 e. The van der Waals surface area contributed by atoms with Crippen molar-refractivity contribution in [2.75, 3.05) is 12.3 Å². The van der Waals surface area contributed by atoms with Crippen LogP contribution in [0.15, 0.2) is 36.7 Å². The maximum atomic E-state index is 11.4. The van der Waals surface area contributed by atoms with Gasteiger partial charge >= 0.3 is 0 Å². The molecule has 1 amide bonds. The molecule has 0 unspecified atom stereocenters. The number of unbranched alkanes of at least 4 members (excludes halogenated alkanes) is 1. The van der Waals surface area contributed by atoms with Crippen molar-refractivity contribution in [2.45, 2.75) is 38.5 Å². The summed E-state index contributed by atoms with van der Waals surface area (Å²) in [5.41, 5.74) is 14.1. The molecule has 2 aromatic heterocycles. The van der Waals surface area contributed by atoms with Crippen molar-refractivity contribution in [1.82, 2.24) is 14.4 Å². The van der Waals surface area contributed by atoms with Crippen LogP contribution < -0.4 is 16.2 Å². The van der Waals surface area contributed by atoms with Crippen LogP contribution in [-0.2, 0) is 4.79 Å². The molecule has 0 spiro atoms. The number of hydrogen-bond donors (Lipinski definition) is 2. The van der Waals surface area contributed by atoms with E-state index in [9.17, 15) is 4.79 Å². The predicted molar refractivity (Wildman–Crippen MR) is 108 cm³/mol. The summed E-state index contributed by atoms with van der Waals surface area (Å²) < 4.78 is 7.84. The second-order valence-electron chi connectivity index (χ2n) is 7.35. The van der Waals surface area contributed by atoms with Crippen LogP contribution in [0.2, 0.25) is 0 Å². The van der Waals surface area contributed by atoms with Crippen molar-refractivity contribution in [2.24, 2.45) is 11.7 Å². The molecule has 1 aliphatic carbocycles. The van der Waals surface area contributed by atoms with Crippen LogP contribution >= 0.6 is 0 Å². The minimum atomic E-state index is -0.240. The number of aromatic nitrogens is 3. The first-order chi connectivity index (χ1) is 13.6. The molecule has 1 fully saturated rings. The van der Waals surface area contributed by atoms with Gasteiger partial charge in [0, 0.05) is 29.8 Å². The third-order valence-corrected chi connectivity index (χ3v) is 5.39. The summed E-state index contributed by atoms with van der Waals surface area (Å²) in [6.07, 6.45) is 7.08. The quantitative estimate of drug-likeness (QED) is 0.613. The predicted octanol–water partition coefficient (Wildman–Crippen LogP) is 3.14. The Morgan fingerprint density at radius 3 is 2.93 bits per heavy atom. The zero-order chi connectivity index (χ0) is 19.7. The molecule has 4 rings (SSSR count). The summed E-state index contributed by atoms with van der Waals surface area (Å²) in [7, 11) is 0. The summed E-state index contributed by atoms with van der Waals surface area (Å²) in [4.78, 5) is 20.6. The lowest BCUT2D eigenvalue weighted by Gasteiger charge is -2.31. The van der Waals surface area contributed by atoms with Crippen LogP contribution in [0.5, 0.6) is 5.75 Å². The maximum absolute atomic E-state index is 11.4. The van der Waals surface area contributed by atoms with Crippen molar-refractivity contribution in [1.29, 1.82) is 0 Å². The molecule has 4 N–H and O–H groups in total. The van der Waals surface area contributed by atoms with Crippen LogP contribution in [0.4, 0.5) is 5.82 Å². The average molecular weight is 379 g/mol. The number of imidazole rings is 1. The van der Waals surface area contributed by atoms with E-state index in [2.05, 4.69) is 11.9 Å². The number of nitrogens with zero attached hydrogens (tertiary/aromatic N) is 3. The summed E-state index contributed by atoms with van der Waals surface area (Å²) in [5, 5.41) is 0. The van der Waals surface area contributed by atoms with Gasteiger partial charge in [-0.25, -0.2) is 9.97 Å². The molecule has 0 bridgehead atoms. The number of ether oxygens (including phenoxy) is 1. The molecule has 1 aliphatic rings. The number of nitrogens with two attached hydrogens (primary N) is 2. The second-order valence-corrected chi connectivity index (χ2v) is 7.35. The number of nitrogen functional groups attached to an aromatic ring is 1. The molecule has 3 aromatic rings. The minimum Gasteiger partial charge on any atom is -0.494 e. The normalized spacial score (nSPS) is 18.8. The third kappa shape index (κ3) is 3.28. The number of primary amides is 1. The molecule has 146 valence electrons. The molecule has 7 heteroatoms. The first-order valence-corrected chi connectivity index (χ1v) is 9.73. The van der Waals surface area contributed by atoms with Gasteiger partial charge in [-0.2, -0.15) is 0 Å². The molecular weight excluding hydrogens is 354 g/mol. The fourth-order valence-corrected chi connectivity index (χ4v) is 3.70. The number of fused-ring (bicyclic) bond motifs is 1. The highest BCUT2D eigenvalue weighted by Gasteiger charge is 2.37. The summed E-state index contributed by atoms with van der Waals surface area (Å²) in [5.74, 6) is 2.01. The van der Waals surface area contributed by atoms with Gasteiger partial charge in [0.2, 0.25) is 5.91 Å². The van der Waals surface area contributed by atoms with E-state index < -0.39 is 0 Å². The molecule has 2 heterocycles. The van der Waals surface area contributed by atoms with Gasteiger partial charge < -0.3 is 16.2 Å². The molecule has 0 saturated heterocycles. The van der Waals surface area contributed by atoms with Crippen molar-refractivity contribution in [3.8, 4) is 17.0 Å². The Balaban J connectivity index is 1.72. The van der Waals surface area contributed by atoms with E-state index in [0.29, 0.717) is 12.4 Å². The first-order valence-electron chi connectivity index (χ1n) is 9.73. The molecule has 0 atom stereocenters. The van der Waals surface area contributed by atoms with Gasteiger partial charge in [-0.1, -0.05) is 25.5 Å². The SMILES string of the molecule is CCCCOc1cccc(-c2nc(C3CC(C(N)=O)C3)n3ccnc(N)c23)c1. The zero-order valence-corrected chi connectivity index (χ0v) is 16.0. The monoisotopic (exact) mass is 379 g/mol. The van der Waals surface area contributed by atoms with Gasteiger partial charge in [-0.15, -0.1) is 0 Å². The highest BCUT2D eigenvalue weighted by molar-refractivity contribution is 5.86. The van der Waals surface area contributed by atoms with E-state index in [1.165, 1.54) is 0 Å². The number of anilines is 1. The van der Waals surface area contributed by atoms with E-state index in [4.69, 9.17) is 21.2 Å². The zero-order valence-electron chi connectivity index (χ0n) is 16.0. The summed E-state index contributed by atoms with van der Waals surface area (Å²) in [6.45, 7) is 2.83. The van der Waals surface area contributed by atoms with E-state index in [0.717, 1.165) is 54.0 Å². The lowest BCUT2D eigenvalue weighted by Crippen LogP contribution is -2.34. The number of hydrogen-bond acceptors (Lipinski definition) is 5. The maximum Gasteiger partial charge on any atom is 0.220 e. The van der Waals surface area contributed by atoms with Crippen LogP contribution in [0, 0.1) is 5.92 Å². The first kappa shape index (κ1) is 18.3. The topological polar surface area (TPSA) is 109 Å². The van der Waals surface area contributed by atoms with Gasteiger partial charge in [0.05, 0.1) is 6.61 Å². The number of benzene rings is 1. The minimum absolute atomic E-state index is 0.0738. The largest absolute Gasteiger partial charge is 0.494 e. The van der Waals surface area contributed by atoms with Crippen molar-refractivity contribution in [3.05, 3.63) is 42.5 Å². The van der Waals surface area contributed by atoms with Crippen LogP contribution in [0.25, 0.3) is 16.8 Å². The van der Waals surface area contributed by atoms with Gasteiger partial charge in [0.25, 0.3) is 0 Å². The Morgan fingerprint density at radius 2 is 2.18 bits per heavy atom. The molecule has 7 nitrogen and oxygen atoms in total. The van der Waals surface area contributed by atoms with Gasteiger partial charge in [-0.3, -0.25) is 9.20 Å².